The fraction of sp³-hybridized carbons (Fsp3) is 0.646. The summed E-state index contributed by atoms with van der Waals surface area (Å²) < 4.78 is 10.7. The van der Waals surface area contributed by atoms with Crippen molar-refractivity contribution in [3.05, 3.63) is 158 Å². The van der Waals surface area contributed by atoms with Gasteiger partial charge in [-0.05, 0) is 122 Å². The van der Waals surface area contributed by atoms with Gasteiger partial charge in [-0.1, -0.05) is 332 Å². The molecule has 5 heteroatoms. The number of hydrogen-bond donors (Lipinski definition) is 1. The topological polar surface area (TPSA) is 72.8 Å². The Kier molecular flexibility index (Phi) is 68.9. The van der Waals surface area contributed by atoms with E-state index < -0.39 is 6.10 Å². The van der Waals surface area contributed by atoms with Crippen LogP contribution in [0.3, 0.4) is 0 Å². The van der Waals surface area contributed by atoms with Crippen molar-refractivity contribution in [3.8, 4) is 0 Å². The molecule has 0 aromatic heterocycles. The smallest absolute Gasteiger partial charge is 0.306 e. The van der Waals surface area contributed by atoms with E-state index in [4.69, 9.17) is 9.47 Å². The van der Waals surface area contributed by atoms with Gasteiger partial charge in [0.2, 0.25) is 0 Å². The molecule has 0 heterocycles. The number of carbonyl (C=O) groups excluding carboxylic acids is 2. The second-order valence-electron chi connectivity index (χ2n) is 22.8. The lowest BCUT2D eigenvalue weighted by Gasteiger charge is -2.15. The molecule has 0 bridgehead atoms. The molecule has 0 rings (SSSR count). The van der Waals surface area contributed by atoms with Crippen molar-refractivity contribution in [1.82, 2.24) is 0 Å². The maximum absolute atomic E-state index is 12.4. The summed E-state index contributed by atoms with van der Waals surface area (Å²) in [6.07, 6.45) is 111. The molecule has 0 aliphatic rings. The third kappa shape index (κ3) is 70.0. The summed E-state index contributed by atoms with van der Waals surface area (Å²) in [5.74, 6) is -0.611. The van der Waals surface area contributed by atoms with Crippen LogP contribution >= 0.6 is 0 Å². The quantitative estimate of drug-likeness (QED) is 0.0373. The fourth-order valence-corrected chi connectivity index (χ4v) is 9.66. The second-order valence-corrected chi connectivity index (χ2v) is 22.8. The molecular formula is C79H130O5. The van der Waals surface area contributed by atoms with Crippen LogP contribution in [0.5, 0.6) is 0 Å². The molecule has 0 aromatic rings. The summed E-state index contributed by atoms with van der Waals surface area (Å²) in [5.41, 5.74) is 0. The first kappa shape index (κ1) is 79.5. The second kappa shape index (κ2) is 72.8. The highest BCUT2D eigenvalue weighted by molar-refractivity contribution is 5.70. The summed E-state index contributed by atoms with van der Waals surface area (Å²) in [5, 5.41) is 9.70. The third-order valence-electron chi connectivity index (χ3n) is 14.8. The number of aliphatic hydroxyl groups excluding tert-OH is 1. The van der Waals surface area contributed by atoms with E-state index in [2.05, 4.69) is 172 Å². The van der Waals surface area contributed by atoms with Crippen molar-refractivity contribution >= 4 is 11.9 Å². The normalized spacial score (nSPS) is 13.2. The minimum Gasteiger partial charge on any atom is -0.462 e. The average Bonchev–Trinajstić information content (AvgIpc) is 3.51. The average molecular weight is 1160 g/mol. The van der Waals surface area contributed by atoms with Gasteiger partial charge in [-0.25, -0.2) is 0 Å². The van der Waals surface area contributed by atoms with Crippen molar-refractivity contribution in [2.75, 3.05) is 13.2 Å². The van der Waals surface area contributed by atoms with E-state index in [1.54, 1.807) is 0 Å². The van der Waals surface area contributed by atoms with E-state index in [1.165, 1.54) is 141 Å². The molecule has 1 atom stereocenters. The van der Waals surface area contributed by atoms with Crippen LogP contribution in [-0.4, -0.2) is 36.4 Å². The van der Waals surface area contributed by atoms with Crippen molar-refractivity contribution in [2.45, 2.75) is 315 Å². The zero-order valence-electron chi connectivity index (χ0n) is 54.6. The molecular weight excluding hydrogens is 1030 g/mol. The molecule has 5 nitrogen and oxygen atoms in total. The van der Waals surface area contributed by atoms with Crippen LogP contribution in [0.15, 0.2) is 158 Å². The SMILES string of the molecule is CC/C=C\C/C=C\C/C=C\C/C=C\C/C=C\C/C=C\C/C=C\C/C=C\C/C=C\CCCCCCCC(=O)OC(CO)COC(=O)CCCCCCCCCCCCCCCCCCCCCCCCCC/C=C\C/C=C\C/C=C\C/C=C\CC. The number of allylic oxidation sites excluding steroid dienone is 26. The van der Waals surface area contributed by atoms with Crippen molar-refractivity contribution in [3.63, 3.8) is 0 Å². The standard InChI is InChI=1S/C79H130O5/c1-3-5-7-9-11-13-15-17-19-21-23-25-27-29-31-33-35-37-38-39-40-42-43-45-47-49-51-53-55-57-59-61-63-65-67-69-71-73-78(81)83-76-77(75-80)84-79(82)74-72-70-68-66-64-62-60-58-56-54-52-50-48-46-44-41-36-34-32-30-28-26-24-22-20-18-16-14-12-10-8-6-4-2/h5-8,11-14,17-20,23-26,30,32,36,41,46,48,52,54,58,60,77,80H,3-4,9-10,15-16,21-22,27-29,31,33-35,37-40,42-45,47,49-51,53,55-57,59,61-76H2,1-2H3/b7-5-,8-6-,13-11-,14-12-,19-17-,20-18-,25-23-,26-24-,32-30-,41-36-,48-46-,54-52-,60-58-. The number of unbranched alkanes of at least 4 members (excludes halogenated alkanes) is 29. The van der Waals surface area contributed by atoms with E-state index >= 15 is 0 Å². The molecule has 0 aliphatic carbocycles. The Morgan fingerprint density at radius 2 is 0.476 bits per heavy atom. The van der Waals surface area contributed by atoms with E-state index in [1.807, 2.05) is 0 Å². The van der Waals surface area contributed by atoms with Gasteiger partial charge in [0.1, 0.15) is 6.61 Å². The fourth-order valence-electron chi connectivity index (χ4n) is 9.66. The van der Waals surface area contributed by atoms with Gasteiger partial charge in [0.05, 0.1) is 6.61 Å². The number of esters is 2. The molecule has 1 N–H and O–H groups in total. The lowest BCUT2D eigenvalue weighted by Crippen LogP contribution is -2.28. The molecule has 0 aromatic carbocycles. The Bertz CT molecular complexity index is 1790. The third-order valence-corrected chi connectivity index (χ3v) is 14.8. The molecule has 1 unspecified atom stereocenters. The summed E-state index contributed by atoms with van der Waals surface area (Å²) in [7, 11) is 0. The molecule has 0 amide bonds. The van der Waals surface area contributed by atoms with E-state index in [9.17, 15) is 14.7 Å². The minimum absolute atomic E-state index is 0.0799. The zero-order valence-corrected chi connectivity index (χ0v) is 54.6. The lowest BCUT2D eigenvalue weighted by molar-refractivity contribution is -0.161. The van der Waals surface area contributed by atoms with Crippen LogP contribution in [0, 0.1) is 0 Å². The van der Waals surface area contributed by atoms with Crippen LogP contribution in [-0.2, 0) is 19.1 Å². The summed E-state index contributed by atoms with van der Waals surface area (Å²) in [6.45, 7) is 3.91. The Morgan fingerprint density at radius 1 is 0.274 bits per heavy atom. The monoisotopic (exact) mass is 1160 g/mol. The number of hydrogen-bond acceptors (Lipinski definition) is 5. The van der Waals surface area contributed by atoms with Crippen LogP contribution in [0.2, 0.25) is 0 Å². The van der Waals surface area contributed by atoms with E-state index in [0.717, 1.165) is 141 Å². The molecule has 476 valence electrons. The van der Waals surface area contributed by atoms with Crippen LogP contribution < -0.4 is 0 Å². The summed E-state index contributed by atoms with van der Waals surface area (Å²) in [4.78, 5) is 24.7. The van der Waals surface area contributed by atoms with Crippen LogP contribution in [0.25, 0.3) is 0 Å². The lowest BCUT2D eigenvalue weighted by atomic mass is 10.0. The van der Waals surface area contributed by atoms with Gasteiger partial charge in [-0.3, -0.25) is 9.59 Å². The largest absolute Gasteiger partial charge is 0.462 e. The highest BCUT2D eigenvalue weighted by atomic mass is 16.6. The number of aliphatic hydroxyl groups is 1. The minimum atomic E-state index is -0.794. The number of rotatable bonds is 63. The highest BCUT2D eigenvalue weighted by Crippen LogP contribution is 2.17. The summed E-state index contributed by atoms with van der Waals surface area (Å²) >= 11 is 0. The van der Waals surface area contributed by atoms with Gasteiger partial charge in [0, 0.05) is 12.8 Å². The van der Waals surface area contributed by atoms with Gasteiger partial charge < -0.3 is 14.6 Å². The van der Waals surface area contributed by atoms with Gasteiger partial charge >= 0.3 is 11.9 Å². The zero-order chi connectivity index (χ0) is 60.5. The molecule has 0 spiro atoms. The highest BCUT2D eigenvalue weighted by Gasteiger charge is 2.16. The molecule has 84 heavy (non-hydrogen) atoms. The summed E-state index contributed by atoms with van der Waals surface area (Å²) in [6, 6.07) is 0. The molecule has 0 aliphatic heterocycles. The van der Waals surface area contributed by atoms with Crippen molar-refractivity contribution < 1.29 is 24.2 Å². The number of ether oxygens (including phenoxy) is 2. The van der Waals surface area contributed by atoms with Gasteiger partial charge in [0.25, 0.3) is 0 Å². The van der Waals surface area contributed by atoms with Crippen LogP contribution in [0.4, 0.5) is 0 Å². The first-order valence-electron chi connectivity index (χ1n) is 35.0. The van der Waals surface area contributed by atoms with Gasteiger partial charge in [0.15, 0.2) is 6.10 Å². The Balaban J connectivity index is 3.52. The molecule has 0 fully saturated rings. The molecule has 0 saturated heterocycles. The predicted octanol–water partition coefficient (Wildman–Crippen LogP) is 24.6. The van der Waals surface area contributed by atoms with Crippen molar-refractivity contribution in [1.29, 1.82) is 0 Å². The maximum Gasteiger partial charge on any atom is 0.306 e. The first-order chi connectivity index (χ1) is 41.6. The first-order valence-corrected chi connectivity index (χ1v) is 35.0. The van der Waals surface area contributed by atoms with Gasteiger partial charge in [-0.15, -0.1) is 0 Å². The predicted molar refractivity (Wildman–Crippen MR) is 370 cm³/mol. The van der Waals surface area contributed by atoms with Gasteiger partial charge in [-0.2, -0.15) is 0 Å². The van der Waals surface area contributed by atoms with Crippen LogP contribution in [0.1, 0.15) is 309 Å². The molecule has 0 radical (unpaired) electrons. The van der Waals surface area contributed by atoms with Crippen molar-refractivity contribution in [2.24, 2.45) is 0 Å². The Hall–Kier alpha value is -4.48. The molecule has 0 saturated carbocycles. The Morgan fingerprint density at radius 3 is 0.714 bits per heavy atom. The van der Waals surface area contributed by atoms with E-state index in [-0.39, 0.29) is 25.2 Å². The number of carbonyl (C=O) groups is 2. The Labute approximate surface area is 520 Å². The maximum atomic E-state index is 12.4. The van der Waals surface area contributed by atoms with E-state index in [0.29, 0.717) is 12.8 Å².